The number of carbonyl (C=O) groups excluding carboxylic acids is 3. The van der Waals surface area contributed by atoms with Crippen LogP contribution in [0.2, 0.25) is 0 Å². The molecule has 0 bridgehead atoms. The number of carbonyl (C=O) groups is 3. The van der Waals surface area contributed by atoms with Gasteiger partial charge < -0.3 is 54.2 Å². The van der Waals surface area contributed by atoms with Crippen LogP contribution in [0.3, 0.4) is 0 Å². The smallest absolute Gasteiger partial charge is 0.291 e. The molecule has 0 saturated carbocycles. The molecule has 0 aliphatic rings. The van der Waals surface area contributed by atoms with Crippen LogP contribution in [0.1, 0.15) is 42.8 Å². The monoisotopic (exact) mass is 734 g/mol. The van der Waals surface area contributed by atoms with Crippen molar-refractivity contribution in [2.75, 3.05) is 65.8 Å². The first-order chi connectivity index (χ1) is 25.9. The molecule has 0 aliphatic heterocycles. The van der Waals surface area contributed by atoms with Gasteiger partial charge in [0.25, 0.3) is 17.7 Å². The molecular formula is C37H42N4O12. The molecule has 0 radical (unpaired) electrons. The van der Waals surface area contributed by atoms with Crippen molar-refractivity contribution < 1.29 is 47.3 Å². The lowest BCUT2D eigenvalue weighted by Crippen LogP contribution is -2.37. The van der Waals surface area contributed by atoms with Gasteiger partial charge in [0.05, 0.1) is 39.3 Å². The number of aliphatic hydroxyl groups excluding tert-OH is 1. The molecule has 16 nitrogen and oxygen atoms in total. The summed E-state index contributed by atoms with van der Waals surface area (Å²) in [6.07, 6.45) is 1.12. The lowest BCUT2D eigenvalue weighted by Gasteiger charge is -2.13. The molecule has 4 aromatic rings. The lowest BCUT2D eigenvalue weighted by atomic mass is 10.2. The van der Waals surface area contributed by atoms with E-state index in [-0.39, 0.29) is 96.2 Å². The van der Waals surface area contributed by atoms with Gasteiger partial charge in [-0.3, -0.25) is 24.0 Å². The molecule has 0 fully saturated rings. The molecule has 0 saturated heterocycles. The summed E-state index contributed by atoms with van der Waals surface area (Å²) in [6.45, 7) is 1.68. The van der Waals surface area contributed by atoms with E-state index in [4.69, 9.17) is 32.9 Å². The first-order valence-corrected chi connectivity index (χ1v) is 16.8. The summed E-state index contributed by atoms with van der Waals surface area (Å²) < 4.78 is 32.6. The molecule has 5 N–H and O–H groups in total. The number of hydrogen-bond donors (Lipinski definition) is 5. The van der Waals surface area contributed by atoms with Gasteiger partial charge in [-0.1, -0.05) is 60.7 Å². The van der Waals surface area contributed by atoms with E-state index in [1.54, 1.807) is 24.3 Å². The minimum absolute atomic E-state index is 0.0307. The van der Waals surface area contributed by atoms with Gasteiger partial charge in [-0.15, -0.1) is 0 Å². The minimum Gasteiger partial charge on any atom is -0.481 e. The van der Waals surface area contributed by atoms with Gasteiger partial charge in [0.15, 0.2) is 5.76 Å². The van der Waals surface area contributed by atoms with E-state index in [1.165, 1.54) is 6.07 Å². The van der Waals surface area contributed by atoms with Crippen LogP contribution in [0.15, 0.2) is 97.5 Å². The maximum Gasteiger partial charge on any atom is 0.291 e. The van der Waals surface area contributed by atoms with Crippen molar-refractivity contribution in [3.05, 3.63) is 128 Å². The highest BCUT2D eigenvalue weighted by molar-refractivity contribution is 5.96. The average Bonchev–Trinajstić information content (AvgIpc) is 3.17. The molecule has 0 unspecified atom stereocenters. The van der Waals surface area contributed by atoms with Gasteiger partial charge in [-0.25, -0.2) is 0 Å². The average molecular weight is 735 g/mol. The first kappa shape index (κ1) is 40.0. The Morgan fingerprint density at radius 3 is 1.75 bits per heavy atom. The van der Waals surface area contributed by atoms with Crippen LogP contribution in [0.5, 0.6) is 11.5 Å². The third kappa shape index (κ3) is 13.4. The van der Waals surface area contributed by atoms with E-state index in [0.29, 0.717) is 0 Å². The van der Waals surface area contributed by atoms with E-state index >= 15 is 0 Å². The Balaban J connectivity index is 1.27. The van der Waals surface area contributed by atoms with Crippen molar-refractivity contribution in [1.29, 1.82) is 0 Å². The molecule has 0 aliphatic carbocycles. The largest absolute Gasteiger partial charge is 0.481 e. The lowest BCUT2D eigenvalue weighted by molar-refractivity contribution is 0.0337. The maximum absolute atomic E-state index is 13.2. The van der Waals surface area contributed by atoms with Gasteiger partial charge in [-0.2, -0.15) is 0 Å². The van der Waals surface area contributed by atoms with Crippen LogP contribution < -0.4 is 41.6 Å². The van der Waals surface area contributed by atoms with E-state index in [1.807, 2.05) is 36.4 Å². The molecule has 2 aromatic heterocycles. The van der Waals surface area contributed by atoms with E-state index in [9.17, 15) is 24.0 Å². The zero-order chi connectivity index (χ0) is 37.7. The van der Waals surface area contributed by atoms with Gasteiger partial charge in [0.2, 0.25) is 33.9 Å². The molecule has 0 spiro atoms. The minimum atomic E-state index is -0.789. The number of amides is 3. The molecule has 16 heteroatoms. The Bertz CT molecular complexity index is 1870. The third-order valence-electron chi connectivity index (χ3n) is 7.14. The Labute approximate surface area is 304 Å². The molecule has 53 heavy (non-hydrogen) atoms. The van der Waals surface area contributed by atoms with Crippen molar-refractivity contribution in [2.45, 2.75) is 13.2 Å². The van der Waals surface area contributed by atoms with Crippen molar-refractivity contribution >= 4 is 17.7 Å². The summed E-state index contributed by atoms with van der Waals surface area (Å²) in [5.74, 6) is -3.84. The molecule has 3 amide bonds. The summed E-state index contributed by atoms with van der Waals surface area (Å²) in [4.78, 5) is 64.2. The molecule has 0 atom stereocenters. The standard InChI is InChI=1S/C37H42N4O12/c42-17-20-49-22-21-48-19-16-41-35(45)30-23-29(44)32(52-25-27-9-5-2-6-10-27)34(53-30)37(47)40-15-13-38-12-14-39-36(46)33-31(28(43)11-18-50-33)51-24-26-7-3-1-4-8-26/h1-11,18,23,38,42H,12-17,19-22,24-25H2,(H,39,46)(H,40,47)(H,41,45). The molecular weight excluding hydrogens is 692 g/mol. The Hall–Kier alpha value is -5.81. The van der Waals surface area contributed by atoms with Gasteiger partial charge in [-0.05, 0) is 11.1 Å². The van der Waals surface area contributed by atoms with Crippen LogP contribution >= 0.6 is 0 Å². The van der Waals surface area contributed by atoms with Crippen LogP contribution in [0.4, 0.5) is 0 Å². The van der Waals surface area contributed by atoms with Crippen molar-refractivity contribution in [3.63, 3.8) is 0 Å². The second-order valence-electron chi connectivity index (χ2n) is 11.1. The number of hydrogen-bond acceptors (Lipinski definition) is 13. The highest BCUT2D eigenvalue weighted by Crippen LogP contribution is 2.18. The predicted molar refractivity (Wildman–Crippen MR) is 190 cm³/mol. The summed E-state index contributed by atoms with van der Waals surface area (Å²) in [5.41, 5.74) is 0.328. The Kier molecular flexibility index (Phi) is 16.7. The van der Waals surface area contributed by atoms with Crippen molar-refractivity contribution in [3.8, 4) is 11.5 Å². The highest BCUT2D eigenvalue weighted by Gasteiger charge is 2.24. The quantitative estimate of drug-likeness (QED) is 0.0680. The Morgan fingerprint density at radius 2 is 1.15 bits per heavy atom. The molecule has 282 valence electrons. The second-order valence-corrected chi connectivity index (χ2v) is 11.1. The zero-order valence-electron chi connectivity index (χ0n) is 28.9. The van der Waals surface area contributed by atoms with Crippen LogP contribution in [-0.4, -0.2) is 88.6 Å². The van der Waals surface area contributed by atoms with Gasteiger partial charge >= 0.3 is 0 Å². The molecule has 2 heterocycles. The van der Waals surface area contributed by atoms with Gasteiger partial charge in [0.1, 0.15) is 13.2 Å². The van der Waals surface area contributed by atoms with Crippen LogP contribution in [-0.2, 0) is 22.7 Å². The number of nitrogens with one attached hydrogen (secondary N) is 4. The highest BCUT2D eigenvalue weighted by atomic mass is 16.5. The Morgan fingerprint density at radius 1 is 0.604 bits per heavy atom. The zero-order valence-corrected chi connectivity index (χ0v) is 28.9. The van der Waals surface area contributed by atoms with Gasteiger partial charge in [0, 0.05) is 44.9 Å². The number of rotatable bonds is 23. The van der Waals surface area contributed by atoms with Crippen molar-refractivity contribution in [2.24, 2.45) is 0 Å². The fraction of sp³-hybridized carbons (Fsp3) is 0.324. The topological polar surface area (TPSA) is 217 Å². The fourth-order valence-electron chi connectivity index (χ4n) is 4.56. The predicted octanol–water partition coefficient (Wildman–Crippen LogP) is 1.26. The van der Waals surface area contributed by atoms with Crippen LogP contribution in [0.25, 0.3) is 0 Å². The van der Waals surface area contributed by atoms with Crippen LogP contribution in [0, 0.1) is 0 Å². The number of ether oxygens (including phenoxy) is 4. The molecule has 2 aromatic carbocycles. The number of aliphatic hydroxyl groups is 1. The maximum atomic E-state index is 13.2. The summed E-state index contributed by atoms with van der Waals surface area (Å²) in [5, 5.41) is 19.6. The van der Waals surface area contributed by atoms with Crippen molar-refractivity contribution in [1.82, 2.24) is 21.3 Å². The summed E-state index contributed by atoms with van der Waals surface area (Å²) in [7, 11) is 0. The third-order valence-corrected chi connectivity index (χ3v) is 7.14. The SMILES string of the molecule is O=C(NCCOCCOCCO)c1cc(=O)c(OCc2ccccc2)c(C(=O)NCCNCCNC(=O)c2occc(=O)c2OCc2ccccc2)o1. The normalized spacial score (nSPS) is 10.7. The second kappa shape index (κ2) is 22.2. The number of benzene rings is 2. The van der Waals surface area contributed by atoms with E-state index in [2.05, 4.69) is 21.3 Å². The van der Waals surface area contributed by atoms with E-state index < -0.39 is 40.1 Å². The van der Waals surface area contributed by atoms with E-state index in [0.717, 1.165) is 23.5 Å². The first-order valence-electron chi connectivity index (χ1n) is 16.8. The fourth-order valence-corrected chi connectivity index (χ4v) is 4.56. The summed E-state index contributed by atoms with van der Waals surface area (Å²) >= 11 is 0. The molecule has 4 rings (SSSR count). The summed E-state index contributed by atoms with van der Waals surface area (Å²) in [6, 6.07) is 20.3.